The molecule has 1 aliphatic carbocycles. The van der Waals surface area contributed by atoms with Gasteiger partial charge in [-0.2, -0.15) is 0 Å². The van der Waals surface area contributed by atoms with Gasteiger partial charge in [0.2, 0.25) is 5.91 Å². The number of amides is 2. The molecule has 7 heteroatoms. The van der Waals surface area contributed by atoms with E-state index in [0.717, 1.165) is 5.56 Å². The van der Waals surface area contributed by atoms with Crippen LogP contribution in [0.2, 0.25) is 0 Å². The van der Waals surface area contributed by atoms with Gasteiger partial charge in [0.25, 0.3) is 5.91 Å². The molecule has 24 heavy (non-hydrogen) atoms. The lowest BCUT2D eigenvalue weighted by molar-refractivity contribution is -0.144. The maximum Gasteiger partial charge on any atom is 0.252 e. The van der Waals surface area contributed by atoms with E-state index in [4.69, 9.17) is 10.5 Å². The van der Waals surface area contributed by atoms with Crippen LogP contribution in [0.5, 0.6) is 0 Å². The Kier molecular flexibility index (Phi) is 4.13. The van der Waals surface area contributed by atoms with Crippen molar-refractivity contribution >= 4 is 17.6 Å². The maximum absolute atomic E-state index is 12.9. The van der Waals surface area contributed by atoms with Gasteiger partial charge in [-0.15, -0.1) is 0 Å². The van der Waals surface area contributed by atoms with Crippen LogP contribution in [0.1, 0.15) is 24.8 Å². The highest BCUT2D eigenvalue weighted by Crippen LogP contribution is 2.46. The number of nitrogens with one attached hydrogen (secondary N) is 1. The molecule has 2 atom stereocenters. The molecule has 2 unspecified atom stereocenters. The summed E-state index contributed by atoms with van der Waals surface area (Å²) < 4.78 is 18.3. The van der Waals surface area contributed by atoms with Crippen molar-refractivity contribution in [3.63, 3.8) is 0 Å². The smallest absolute Gasteiger partial charge is 0.252 e. The quantitative estimate of drug-likeness (QED) is 0.816. The molecule has 1 heterocycles. The zero-order chi connectivity index (χ0) is 17.4. The van der Waals surface area contributed by atoms with E-state index < -0.39 is 23.0 Å². The third kappa shape index (κ3) is 2.49. The van der Waals surface area contributed by atoms with Gasteiger partial charge < -0.3 is 15.8 Å². The number of nitrogens with two attached hydrogens (primary N) is 1. The molecule has 2 fully saturated rings. The fraction of sp³-hybridized carbons (Fsp3) is 0.412. The van der Waals surface area contributed by atoms with Crippen LogP contribution in [-0.4, -0.2) is 35.3 Å². The van der Waals surface area contributed by atoms with Gasteiger partial charge in [0.15, 0.2) is 11.4 Å². The molecule has 2 aliphatic rings. The summed E-state index contributed by atoms with van der Waals surface area (Å²) in [5.74, 6) is -1.90. The molecule has 1 saturated carbocycles. The Morgan fingerprint density at radius 3 is 2.67 bits per heavy atom. The summed E-state index contributed by atoms with van der Waals surface area (Å²) in [6, 6.07) is 5.77. The highest BCUT2D eigenvalue weighted by atomic mass is 19.1. The molecule has 0 aromatic heterocycles. The first-order chi connectivity index (χ1) is 11.4. The van der Waals surface area contributed by atoms with Gasteiger partial charge >= 0.3 is 0 Å². The molecule has 1 saturated heterocycles. The molecule has 3 rings (SSSR count). The van der Waals surface area contributed by atoms with Crippen molar-refractivity contribution in [1.29, 1.82) is 0 Å². The second-order valence-electron chi connectivity index (χ2n) is 6.19. The van der Waals surface area contributed by atoms with Gasteiger partial charge in [-0.3, -0.25) is 14.4 Å². The normalized spacial score (nSPS) is 28.6. The van der Waals surface area contributed by atoms with Gasteiger partial charge in [-0.05, 0) is 43.4 Å². The lowest BCUT2D eigenvalue weighted by Crippen LogP contribution is -2.66. The zero-order valence-corrected chi connectivity index (χ0v) is 13.0. The fourth-order valence-corrected chi connectivity index (χ4v) is 3.62. The summed E-state index contributed by atoms with van der Waals surface area (Å²) in [7, 11) is 0. The molecular weight excluding hydrogens is 315 g/mol. The average Bonchev–Trinajstić information content (AvgIpc) is 3.04. The number of hydrogen-bond acceptors (Lipinski definition) is 4. The SMILES string of the molecule is NC(=O)C12CCCC1(NC(=O)[CH]Cc1ccc(F)cc1)C(=O)CO2. The van der Waals surface area contributed by atoms with E-state index in [0.29, 0.717) is 19.3 Å². The molecule has 1 aromatic rings. The minimum absolute atomic E-state index is 0.235. The summed E-state index contributed by atoms with van der Waals surface area (Å²) in [5.41, 5.74) is 3.38. The van der Waals surface area contributed by atoms with Crippen molar-refractivity contribution < 1.29 is 23.5 Å². The number of fused-ring (bicyclic) bond motifs is 1. The van der Waals surface area contributed by atoms with Crippen LogP contribution in [0.15, 0.2) is 24.3 Å². The third-order valence-corrected chi connectivity index (χ3v) is 4.87. The lowest BCUT2D eigenvalue weighted by Gasteiger charge is -2.35. The Balaban J connectivity index is 1.71. The highest BCUT2D eigenvalue weighted by molar-refractivity contribution is 6.06. The highest BCUT2D eigenvalue weighted by Gasteiger charge is 2.68. The molecule has 1 aliphatic heterocycles. The standard InChI is InChI=1S/C17H18FN2O4/c18-12-5-2-11(3-6-12)4-7-14(22)20-16-8-1-9-17(16,15(19)23)24-10-13(16)21/h2-3,5-7H,1,4,8-10H2,(H2,19,23)(H,20,22). The number of hydrogen-bond donors (Lipinski definition) is 2. The van der Waals surface area contributed by atoms with Gasteiger partial charge in [0.1, 0.15) is 18.0 Å². The molecule has 1 aromatic carbocycles. The molecule has 1 radical (unpaired) electrons. The molecule has 127 valence electrons. The first-order valence-electron chi connectivity index (χ1n) is 7.77. The first-order valence-corrected chi connectivity index (χ1v) is 7.77. The van der Waals surface area contributed by atoms with Crippen LogP contribution in [0.3, 0.4) is 0 Å². The van der Waals surface area contributed by atoms with E-state index in [-0.39, 0.29) is 24.6 Å². The van der Waals surface area contributed by atoms with Crippen LogP contribution in [0, 0.1) is 12.2 Å². The molecule has 0 spiro atoms. The van der Waals surface area contributed by atoms with E-state index in [1.165, 1.54) is 18.6 Å². The molecule has 2 amide bonds. The predicted octanol–water partition coefficient (Wildman–Crippen LogP) is 0.435. The number of halogens is 1. The monoisotopic (exact) mass is 333 g/mol. The van der Waals surface area contributed by atoms with Crippen molar-refractivity contribution in [2.75, 3.05) is 6.61 Å². The van der Waals surface area contributed by atoms with Crippen molar-refractivity contribution in [1.82, 2.24) is 5.32 Å². The zero-order valence-electron chi connectivity index (χ0n) is 13.0. The van der Waals surface area contributed by atoms with Gasteiger partial charge in [-0.1, -0.05) is 12.1 Å². The molecular formula is C17H18FN2O4. The Hall–Kier alpha value is -2.28. The molecule has 0 bridgehead atoms. The summed E-state index contributed by atoms with van der Waals surface area (Å²) in [6.45, 7) is -0.235. The Morgan fingerprint density at radius 1 is 1.29 bits per heavy atom. The largest absolute Gasteiger partial charge is 0.367 e. The van der Waals surface area contributed by atoms with Gasteiger partial charge in [0.05, 0.1) is 6.42 Å². The van der Waals surface area contributed by atoms with E-state index >= 15 is 0 Å². The number of benzene rings is 1. The van der Waals surface area contributed by atoms with E-state index in [2.05, 4.69) is 5.32 Å². The Bertz CT molecular complexity index is 690. The number of carbonyl (C=O) groups excluding carboxylic acids is 3. The predicted molar refractivity (Wildman–Crippen MR) is 82.0 cm³/mol. The van der Waals surface area contributed by atoms with E-state index in [1.54, 1.807) is 12.1 Å². The van der Waals surface area contributed by atoms with Gasteiger partial charge in [-0.25, -0.2) is 4.39 Å². The number of Topliss-reactive ketones (excluding diaryl/α,β-unsaturated/α-hetero) is 1. The van der Waals surface area contributed by atoms with Crippen LogP contribution >= 0.6 is 0 Å². The summed E-state index contributed by atoms with van der Waals surface area (Å²) >= 11 is 0. The Labute approximate surface area is 138 Å². The number of rotatable bonds is 5. The van der Waals surface area contributed by atoms with Crippen molar-refractivity contribution in [2.24, 2.45) is 5.73 Å². The number of primary amides is 1. The average molecular weight is 333 g/mol. The van der Waals surface area contributed by atoms with Crippen LogP contribution < -0.4 is 11.1 Å². The summed E-state index contributed by atoms with van der Waals surface area (Å²) in [6.07, 6.45) is 2.84. The second-order valence-corrected chi connectivity index (χ2v) is 6.19. The van der Waals surface area contributed by atoms with Gasteiger partial charge in [0, 0.05) is 0 Å². The van der Waals surface area contributed by atoms with Crippen molar-refractivity contribution in [3.8, 4) is 0 Å². The van der Waals surface area contributed by atoms with Crippen molar-refractivity contribution in [2.45, 2.75) is 36.8 Å². The minimum Gasteiger partial charge on any atom is -0.367 e. The van der Waals surface area contributed by atoms with Crippen molar-refractivity contribution in [3.05, 3.63) is 42.1 Å². The number of ether oxygens (including phenoxy) is 1. The third-order valence-electron chi connectivity index (χ3n) is 4.87. The van der Waals surface area contributed by atoms with Crippen LogP contribution in [0.25, 0.3) is 0 Å². The topological polar surface area (TPSA) is 98.5 Å². The molecule has 6 nitrogen and oxygen atoms in total. The lowest BCUT2D eigenvalue weighted by atomic mass is 9.80. The summed E-state index contributed by atoms with van der Waals surface area (Å²) in [4.78, 5) is 36.5. The minimum atomic E-state index is -1.45. The maximum atomic E-state index is 12.9. The number of ketones is 1. The van der Waals surface area contributed by atoms with E-state index in [1.807, 2.05) is 0 Å². The molecule has 3 N–H and O–H groups in total. The first kappa shape index (κ1) is 16.6. The van der Waals surface area contributed by atoms with E-state index in [9.17, 15) is 18.8 Å². The van der Waals surface area contributed by atoms with Crippen LogP contribution in [0.4, 0.5) is 4.39 Å². The fourth-order valence-electron chi connectivity index (χ4n) is 3.62. The second kappa shape index (κ2) is 5.98. The summed E-state index contributed by atoms with van der Waals surface area (Å²) in [5, 5.41) is 2.66. The number of carbonyl (C=O) groups is 3. The Morgan fingerprint density at radius 2 is 2.00 bits per heavy atom. The van der Waals surface area contributed by atoms with Crippen LogP contribution in [-0.2, 0) is 25.5 Å².